The summed E-state index contributed by atoms with van der Waals surface area (Å²) in [6.07, 6.45) is 5.47. The molecule has 3 nitrogen and oxygen atoms in total. The first-order valence-electron chi connectivity index (χ1n) is 6.43. The van der Waals surface area contributed by atoms with Crippen molar-refractivity contribution in [3.63, 3.8) is 0 Å². The zero-order valence-electron chi connectivity index (χ0n) is 10.7. The van der Waals surface area contributed by atoms with E-state index in [0.717, 1.165) is 12.5 Å². The summed E-state index contributed by atoms with van der Waals surface area (Å²) >= 11 is 0. The van der Waals surface area contributed by atoms with Crippen LogP contribution in [-0.2, 0) is 4.74 Å². The average molecular weight is 224 g/mol. The third-order valence-electron chi connectivity index (χ3n) is 4.22. The maximum Gasteiger partial charge on any atom is 0.282 e. The van der Waals surface area contributed by atoms with Crippen molar-refractivity contribution in [1.82, 2.24) is 0 Å². The van der Waals surface area contributed by atoms with Gasteiger partial charge in [0, 0.05) is 0 Å². The van der Waals surface area contributed by atoms with Gasteiger partial charge in [-0.3, -0.25) is 0 Å². The maximum atomic E-state index is 5.56. The quantitative estimate of drug-likeness (QED) is 0.744. The molecule has 1 unspecified atom stereocenters. The number of nitrogens with zero attached hydrogens (tertiary/aromatic N) is 1. The maximum absolute atomic E-state index is 5.56. The molecule has 1 fully saturated rings. The molecule has 0 aromatic carbocycles. The Kier molecular flexibility index (Phi) is 3.13. The number of amidine groups is 1. The van der Waals surface area contributed by atoms with Gasteiger partial charge in [-0.25, -0.2) is 4.99 Å². The van der Waals surface area contributed by atoms with Crippen molar-refractivity contribution in [3.8, 4) is 0 Å². The van der Waals surface area contributed by atoms with Crippen LogP contribution in [0, 0.1) is 17.3 Å². The van der Waals surface area contributed by atoms with Crippen LogP contribution in [0.4, 0.5) is 0 Å². The Morgan fingerprint density at radius 2 is 1.81 bits per heavy atom. The second kappa shape index (κ2) is 4.27. The number of hydrogen-bond acceptors (Lipinski definition) is 3. The standard InChI is InChI=1S/C13H24N2O/c1-13(2,3)10-6-4-9(5-7-10)11-8-15-12(14)16-11/h9-11H,4-8H2,1-3H3,(H2,14,15). The summed E-state index contributed by atoms with van der Waals surface area (Å²) in [5.41, 5.74) is 6.01. The van der Waals surface area contributed by atoms with Crippen LogP contribution in [-0.4, -0.2) is 18.7 Å². The summed E-state index contributed by atoms with van der Waals surface area (Å²) in [4.78, 5) is 4.13. The Morgan fingerprint density at radius 3 is 2.25 bits per heavy atom. The predicted octanol–water partition coefficient (Wildman–Crippen LogP) is 2.55. The zero-order chi connectivity index (χ0) is 11.8. The molecule has 92 valence electrons. The first kappa shape index (κ1) is 11.7. The van der Waals surface area contributed by atoms with E-state index in [4.69, 9.17) is 10.5 Å². The Balaban J connectivity index is 1.82. The fraction of sp³-hybridized carbons (Fsp3) is 0.923. The summed E-state index contributed by atoms with van der Waals surface area (Å²) in [7, 11) is 0. The second-order valence-corrected chi connectivity index (χ2v) is 6.31. The van der Waals surface area contributed by atoms with Gasteiger partial charge in [0.15, 0.2) is 0 Å². The van der Waals surface area contributed by atoms with E-state index in [1.807, 2.05) is 0 Å². The average Bonchev–Trinajstić information content (AvgIpc) is 2.64. The lowest BCUT2D eigenvalue weighted by Crippen LogP contribution is -2.33. The normalized spacial score (nSPS) is 35.7. The zero-order valence-corrected chi connectivity index (χ0v) is 10.7. The molecule has 2 aliphatic rings. The van der Waals surface area contributed by atoms with E-state index in [0.29, 0.717) is 17.4 Å². The Bertz CT molecular complexity index is 272. The molecule has 2 rings (SSSR count). The molecule has 1 atom stereocenters. The molecule has 1 aliphatic heterocycles. The highest BCUT2D eigenvalue weighted by molar-refractivity contribution is 5.73. The van der Waals surface area contributed by atoms with Gasteiger partial charge in [-0.15, -0.1) is 0 Å². The van der Waals surface area contributed by atoms with Crippen LogP contribution in [0.3, 0.4) is 0 Å². The van der Waals surface area contributed by atoms with Crippen molar-refractivity contribution in [2.45, 2.75) is 52.6 Å². The molecule has 0 saturated heterocycles. The molecule has 0 bridgehead atoms. The third kappa shape index (κ3) is 2.50. The Morgan fingerprint density at radius 1 is 1.19 bits per heavy atom. The molecule has 1 saturated carbocycles. The van der Waals surface area contributed by atoms with Gasteiger partial charge < -0.3 is 10.5 Å². The van der Waals surface area contributed by atoms with Crippen molar-refractivity contribution < 1.29 is 4.74 Å². The van der Waals surface area contributed by atoms with Crippen LogP contribution in [0.15, 0.2) is 4.99 Å². The van der Waals surface area contributed by atoms with Gasteiger partial charge in [0.1, 0.15) is 6.10 Å². The highest BCUT2D eigenvalue weighted by Gasteiger charge is 2.35. The molecule has 0 amide bonds. The number of nitrogens with two attached hydrogens (primary N) is 1. The van der Waals surface area contributed by atoms with Gasteiger partial charge in [0.05, 0.1) is 6.54 Å². The first-order valence-corrected chi connectivity index (χ1v) is 6.43. The van der Waals surface area contributed by atoms with Crippen LogP contribution in [0.25, 0.3) is 0 Å². The lowest BCUT2D eigenvalue weighted by Gasteiger charge is -2.38. The number of aliphatic imine (C=N–C) groups is 1. The first-order chi connectivity index (χ1) is 7.47. The molecule has 0 radical (unpaired) electrons. The Labute approximate surface area is 98.5 Å². The molecule has 0 aromatic rings. The molecule has 2 N–H and O–H groups in total. The lowest BCUT2D eigenvalue weighted by atomic mass is 9.69. The van der Waals surface area contributed by atoms with Crippen molar-refractivity contribution >= 4 is 6.02 Å². The number of rotatable bonds is 1. The summed E-state index contributed by atoms with van der Waals surface area (Å²) < 4.78 is 5.55. The van der Waals surface area contributed by atoms with Crippen molar-refractivity contribution in [1.29, 1.82) is 0 Å². The smallest absolute Gasteiger partial charge is 0.282 e. The molecule has 1 heterocycles. The van der Waals surface area contributed by atoms with E-state index >= 15 is 0 Å². The van der Waals surface area contributed by atoms with Crippen LogP contribution in [0.2, 0.25) is 0 Å². The molecule has 0 aromatic heterocycles. The summed E-state index contributed by atoms with van der Waals surface area (Å²) in [5.74, 6) is 1.53. The van der Waals surface area contributed by atoms with E-state index in [9.17, 15) is 0 Å². The van der Waals surface area contributed by atoms with Gasteiger partial charge in [0.2, 0.25) is 0 Å². The van der Waals surface area contributed by atoms with E-state index in [1.54, 1.807) is 0 Å². The van der Waals surface area contributed by atoms with Gasteiger partial charge in [-0.05, 0) is 42.9 Å². The van der Waals surface area contributed by atoms with Crippen molar-refractivity contribution in [3.05, 3.63) is 0 Å². The molecule has 3 heteroatoms. The monoisotopic (exact) mass is 224 g/mol. The van der Waals surface area contributed by atoms with E-state index in [1.165, 1.54) is 25.7 Å². The fourth-order valence-corrected chi connectivity index (χ4v) is 3.01. The molecule has 1 aliphatic carbocycles. The minimum atomic E-state index is 0.265. The minimum absolute atomic E-state index is 0.265. The molecule has 0 spiro atoms. The lowest BCUT2D eigenvalue weighted by molar-refractivity contribution is 0.0775. The highest BCUT2D eigenvalue weighted by atomic mass is 16.5. The summed E-state index contributed by atoms with van der Waals surface area (Å²) in [6.45, 7) is 7.83. The molecular weight excluding hydrogens is 200 g/mol. The largest absolute Gasteiger partial charge is 0.460 e. The molecular formula is C13H24N2O. The summed E-state index contributed by atoms with van der Waals surface area (Å²) in [6, 6.07) is 0.392. The minimum Gasteiger partial charge on any atom is -0.460 e. The van der Waals surface area contributed by atoms with Gasteiger partial charge in [0.25, 0.3) is 6.02 Å². The highest BCUT2D eigenvalue weighted by Crippen LogP contribution is 2.41. The van der Waals surface area contributed by atoms with Crippen molar-refractivity contribution in [2.24, 2.45) is 28.0 Å². The van der Waals surface area contributed by atoms with Crippen LogP contribution in [0.5, 0.6) is 0 Å². The summed E-state index contributed by atoms with van der Waals surface area (Å²) in [5, 5.41) is 0. The van der Waals surface area contributed by atoms with Crippen LogP contribution < -0.4 is 5.73 Å². The van der Waals surface area contributed by atoms with Gasteiger partial charge in [-0.1, -0.05) is 20.8 Å². The van der Waals surface area contributed by atoms with E-state index in [-0.39, 0.29) is 6.10 Å². The second-order valence-electron chi connectivity index (χ2n) is 6.31. The van der Waals surface area contributed by atoms with Gasteiger partial charge >= 0.3 is 0 Å². The predicted molar refractivity (Wildman–Crippen MR) is 66.3 cm³/mol. The fourth-order valence-electron chi connectivity index (χ4n) is 3.01. The topological polar surface area (TPSA) is 47.6 Å². The Hall–Kier alpha value is -0.730. The van der Waals surface area contributed by atoms with Crippen LogP contribution >= 0.6 is 0 Å². The van der Waals surface area contributed by atoms with Crippen molar-refractivity contribution in [2.75, 3.05) is 6.54 Å². The van der Waals surface area contributed by atoms with Crippen LogP contribution in [0.1, 0.15) is 46.5 Å². The third-order valence-corrected chi connectivity index (χ3v) is 4.22. The number of ether oxygens (including phenoxy) is 1. The SMILES string of the molecule is CC(C)(C)C1CCC(C2CN=C(N)O2)CC1. The van der Waals surface area contributed by atoms with Gasteiger partial charge in [-0.2, -0.15) is 0 Å². The molecule has 16 heavy (non-hydrogen) atoms. The van der Waals surface area contributed by atoms with E-state index < -0.39 is 0 Å². The number of hydrogen-bond donors (Lipinski definition) is 1. The van der Waals surface area contributed by atoms with E-state index in [2.05, 4.69) is 25.8 Å².